The number of hydrogen-bond acceptors (Lipinski definition) is 5. The molecule has 1 fully saturated rings. The normalized spacial score (nSPS) is 16.3. The molecule has 152 valence electrons. The summed E-state index contributed by atoms with van der Waals surface area (Å²) in [5, 5.41) is 7.41. The fourth-order valence-electron chi connectivity index (χ4n) is 3.84. The van der Waals surface area contributed by atoms with E-state index in [1.807, 2.05) is 0 Å². The molecule has 0 saturated carbocycles. The highest BCUT2D eigenvalue weighted by Gasteiger charge is 2.29. The number of carbonyl (C=O) groups is 2. The fourth-order valence-corrected chi connectivity index (χ4v) is 4.55. The predicted octanol–water partition coefficient (Wildman–Crippen LogP) is 3.39. The molecule has 28 heavy (non-hydrogen) atoms. The maximum atomic E-state index is 12.7. The van der Waals surface area contributed by atoms with Crippen LogP contribution in [0.5, 0.6) is 0 Å². The van der Waals surface area contributed by atoms with Crippen molar-refractivity contribution in [3.05, 3.63) is 46.5 Å². The maximum Gasteiger partial charge on any atom is 0.257 e. The number of hydrogen-bond donors (Lipinski definition) is 1. The molecule has 1 saturated heterocycles. The Morgan fingerprint density at radius 3 is 2.61 bits per heavy atom. The molecule has 6 nitrogen and oxygen atoms in total. The summed E-state index contributed by atoms with van der Waals surface area (Å²) in [5.74, 6) is 0.0442. The van der Waals surface area contributed by atoms with Crippen LogP contribution in [0.3, 0.4) is 0 Å². The molecule has 2 amide bonds. The summed E-state index contributed by atoms with van der Waals surface area (Å²) in [5.41, 5.74) is 1.83. The number of nitrogens with zero attached hydrogens (tertiary/aromatic N) is 2. The Hall–Kier alpha value is -2.12. The topological polar surface area (TPSA) is 65.8 Å². The fraction of sp³-hybridized carbons (Fsp3) is 0.524. The van der Waals surface area contributed by atoms with Crippen molar-refractivity contribution in [3.63, 3.8) is 0 Å². The molecule has 0 spiro atoms. The Labute approximate surface area is 170 Å². The number of nitrogens with one attached hydrogen (secondary N) is 1. The van der Waals surface area contributed by atoms with Gasteiger partial charge in [0.15, 0.2) is 0 Å². The SMILES string of the molecule is CCN(CC)[C@H](CNC(=O)C1CCN(C(=O)c2ccoc2)CC1)c1ccsc1. The number of furan rings is 1. The Bertz CT molecular complexity index is 733. The van der Waals surface area contributed by atoms with Crippen LogP contribution >= 0.6 is 11.3 Å². The van der Waals surface area contributed by atoms with Crippen LogP contribution in [-0.4, -0.2) is 54.3 Å². The van der Waals surface area contributed by atoms with Crippen LogP contribution in [0.1, 0.15) is 48.7 Å². The zero-order valence-corrected chi connectivity index (χ0v) is 17.4. The van der Waals surface area contributed by atoms with Gasteiger partial charge in [0, 0.05) is 25.6 Å². The minimum absolute atomic E-state index is 0.0216. The third kappa shape index (κ3) is 4.83. The minimum Gasteiger partial charge on any atom is -0.472 e. The van der Waals surface area contributed by atoms with Crippen molar-refractivity contribution in [2.75, 3.05) is 32.7 Å². The van der Waals surface area contributed by atoms with Crippen LogP contribution in [0.25, 0.3) is 0 Å². The monoisotopic (exact) mass is 403 g/mol. The van der Waals surface area contributed by atoms with Crippen molar-refractivity contribution in [3.8, 4) is 0 Å². The first-order chi connectivity index (χ1) is 13.6. The van der Waals surface area contributed by atoms with E-state index in [2.05, 4.69) is 40.9 Å². The number of carbonyl (C=O) groups excluding carboxylic acids is 2. The number of rotatable bonds is 8. The van der Waals surface area contributed by atoms with Gasteiger partial charge in [0.2, 0.25) is 5.91 Å². The van der Waals surface area contributed by atoms with E-state index in [0.717, 1.165) is 13.1 Å². The second-order valence-corrected chi connectivity index (χ2v) is 7.90. The highest BCUT2D eigenvalue weighted by atomic mass is 32.1. The molecular weight excluding hydrogens is 374 g/mol. The van der Waals surface area contributed by atoms with E-state index in [0.29, 0.717) is 38.0 Å². The van der Waals surface area contributed by atoms with Gasteiger partial charge in [-0.2, -0.15) is 11.3 Å². The predicted molar refractivity (Wildman–Crippen MR) is 110 cm³/mol. The molecule has 2 aromatic heterocycles. The third-order valence-corrected chi connectivity index (χ3v) is 6.27. The lowest BCUT2D eigenvalue weighted by Crippen LogP contribution is -2.45. The summed E-state index contributed by atoms with van der Waals surface area (Å²) in [4.78, 5) is 29.3. The molecular formula is C21H29N3O3S. The molecule has 1 aliphatic rings. The first-order valence-corrected chi connectivity index (χ1v) is 10.9. The van der Waals surface area contributed by atoms with E-state index in [4.69, 9.17) is 4.42 Å². The molecule has 1 atom stereocenters. The standard InChI is InChI=1S/C21H29N3O3S/c1-3-23(4-2)19(18-8-12-28-15-18)13-22-20(25)16-5-9-24(10-6-16)21(26)17-7-11-27-14-17/h7-8,11-12,14-16,19H,3-6,9-10,13H2,1-2H3,(H,22,25)/t19-/m1/s1. The lowest BCUT2D eigenvalue weighted by atomic mass is 9.95. The number of amides is 2. The van der Waals surface area contributed by atoms with Crippen LogP contribution in [0.15, 0.2) is 39.8 Å². The van der Waals surface area contributed by atoms with Crippen LogP contribution in [0.4, 0.5) is 0 Å². The van der Waals surface area contributed by atoms with E-state index in [-0.39, 0.29) is 23.8 Å². The van der Waals surface area contributed by atoms with E-state index >= 15 is 0 Å². The number of piperidine rings is 1. The highest BCUT2D eigenvalue weighted by Crippen LogP contribution is 2.23. The lowest BCUT2D eigenvalue weighted by Gasteiger charge is -2.33. The van der Waals surface area contributed by atoms with Gasteiger partial charge in [0.1, 0.15) is 6.26 Å². The van der Waals surface area contributed by atoms with Crippen molar-refractivity contribution < 1.29 is 14.0 Å². The molecule has 0 unspecified atom stereocenters. The number of likely N-dealkylation sites (tertiary alicyclic amines) is 1. The third-order valence-electron chi connectivity index (χ3n) is 5.57. The average molecular weight is 404 g/mol. The largest absolute Gasteiger partial charge is 0.472 e. The Morgan fingerprint density at radius 2 is 2.04 bits per heavy atom. The van der Waals surface area contributed by atoms with Gasteiger partial charge in [0.25, 0.3) is 5.91 Å². The summed E-state index contributed by atoms with van der Waals surface area (Å²) in [6.07, 6.45) is 4.37. The van der Waals surface area contributed by atoms with Gasteiger partial charge >= 0.3 is 0 Å². The average Bonchev–Trinajstić information content (AvgIpc) is 3.44. The van der Waals surface area contributed by atoms with E-state index in [9.17, 15) is 9.59 Å². The van der Waals surface area contributed by atoms with Crippen LogP contribution in [0, 0.1) is 5.92 Å². The minimum atomic E-state index is -0.0340. The van der Waals surface area contributed by atoms with Crippen molar-refractivity contribution >= 4 is 23.2 Å². The van der Waals surface area contributed by atoms with Gasteiger partial charge in [-0.25, -0.2) is 0 Å². The van der Waals surface area contributed by atoms with Crippen molar-refractivity contribution in [2.45, 2.75) is 32.7 Å². The summed E-state index contributed by atoms with van der Waals surface area (Å²) < 4.78 is 4.99. The first-order valence-electron chi connectivity index (χ1n) is 9.99. The van der Waals surface area contributed by atoms with Crippen molar-refractivity contribution in [2.24, 2.45) is 5.92 Å². The molecule has 0 aliphatic carbocycles. The van der Waals surface area contributed by atoms with E-state index in [1.54, 1.807) is 22.3 Å². The zero-order valence-electron chi connectivity index (χ0n) is 16.6. The molecule has 1 N–H and O–H groups in total. The second kappa shape index (κ2) is 9.89. The van der Waals surface area contributed by atoms with E-state index < -0.39 is 0 Å². The molecule has 3 rings (SSSR count). The summed E-state index contributed by atoms with van der Waals surface area (Å²) in [6, 6.07) is 4.02. The lowest BCUT2D eigenvalue weighted by molar-refractivity contribution is -0.126. The number of thiophene rings is 1. The van der Waals surface area contributed by atoms with Gasteiger partial charge < -0.3 is 14.6 Å². The molecule has 0 radical (unpaired) electrons. The Morgan fingerprint density at radius 1 is 1.29 bits per heavy atom. The number of likely N-dealkylation sites (N-methyl/N-ethyl adjacent to an activating group) is 1. The van der Waals surface area contributed by atoms with Gasteiger partial charge in [-0.15, -0.1) is 0 Å². The highest BCUT2D eigenvalue weighted by molar-refractivity contribution is 7.07. The Kier molecular flexibility index (Phi) is 7.28. The summed E-state index contributed by atoms with van der Waals surface area (Å²) in [7, 11) is 0. The maximum absolute atomic E-state index is 12.7. The molecule has 0 aromatic carbocycles. The quantitative estimate of drug-likeness (QED) is 0.734. The van der Waals surface area contributed by atoms with Crippen LogP contribution in [-0.2, 0) is 4.79 Å². The van der Waals surface area contributed by atoms with Crippen molar-refractivity contribution in [1.29, 1.82) is 0 Å². The first kappa shape index (κ1) is 20.6. The van der Waals surface area contributed by atoms with Crippen molar-refractivity contribution in [1.82, 2.24) is 15.1 Å². The second-order valence-electron chi connectivity index (χ2n) is 7.12. The zero-order chi connectivity index (χ0) is 19.9. The Balaban J connectivity index is 1.51. The molecule has 3 heterocycles. The van der Waals surface area contributed by atoms with Gasteiger partial charge in [-0.05, 0) is 54.4 Å². The summed E-state index contributed by atoms with van der Waals surface area (Å²) in [6.45, 7) is 8.02. The molecule has 2 aromatic rings. The molecule has 0 bridgehead atoms. The van der Waals surface area contributed by atoms with Crippen LogP contribution in [0.2, 0.25) is 0 Å². The van der Waals surface area contributed by atoms with E-state index in [1.165, 1.54) is 18.1 Å². The van der Waals surface area contributed by atoms with Gasteiger partial charge in [0.05, 0.1) is 17.9 Å². The van der Waals surface area contributed by atoms with Gasteiger partial charge in [-0.3, -0.25) is 14.5 Å². The smallest absolute Gasteiger partial charge is 0.257 e. The molecule has 1 aliphatic heterocycles. The van der Waals surface area contributed by atoms with Crippen LogP contribution < -0.4 is 5.32 Å². The van der Waals surface area contributed by atoms with Gasteiger partial charge in [-0.1, -0.05) is 13.8 Å². The molecule has 7 heteroatoms. The summed E-state index contributed by atoms with van der Waals surface area (Å²) >= 11 is 1.69.